The third kappa shape index (κ3) is 6.58. The summed E-state index contributed by atoms with van der Waals surface area (Å²) in [5.74, 6) is -1.40. The fourth-order valence-electron chi connectivity index (χ4n) is 3.44. The van der Waals surface area contributed by atoms with Crippen LogP contribution in [0.2, 0.25) is 0 Å². The van der Waals surface area contributed by atoms with Crippen LogP contribution in [-0.4, -0.2) is 35.0 Å². The fourth-order valence-corrected chi connectivity index (χ4v) is 3.44. The van der Waals surface area contributed by atoms with Crippen LogP contribution in [-0.2, 0) is 31.9 Å². The summed E-state index contributed by atoms with van der Waals surface area (Å²) < 4.78 is 10.5. The lowest BCUT2D eigenvalue weighted by Crippen LogP contribution is -2.43. The number of non-ortho nitro benzene ring substituents is 2. The molecular weight excluding hydrogens is 432 g/mol. The summed E-state index contributed by atoms with van der Waals surface area (Å²) in [5.41, 5.74) is -0.268. The molecule has 0 atom stereocenters. The van der Waals surface area contributed by atoms with Gasteiger partial charge < -0.3 is 9.47 Å². The van der Waals surface area contributed by atoms with Gasteiger partial charge in [-0.25, -0.2) is 0 Å². The first-order valence-corrected chi connectivity index (χ1v) is 10.5. The Morgan fingerprint density at radius 2 is 1.06 bits per heavy atom. The zero-order chi connectivity index (χ0) is 24.4. The molecule has 2 rings (SSSR count). The van der Waals surface area contributed by atoms with E-state index in [0.29, 0.717) is 11.1 Å². The molecule has 176 valence electrons. The van der Waals surface area contributed by atoms with Gasteiger partial charge in [0.25, 0.3) is 11.4 Å². The highest BCUT2D eigenvalue weighted by atomic mass is 16.6. The number of nitro groups is 2. The number of benzene rings is 2. The van der Waals surface area contributed by atoms with Crippen LogP contribution in [0.15, 0.2) is 48.5 Å². The minimum atomic E-state index is -1.59. The van der Waals surface area contributed by atoms with Crippen molar-refractivity contribution in [2.75, 3.05) is 13.2 Å². The van der Waals surface area contributed by atoms with E-state index in [2.05, 4.69) is 0 Å². The average molecular weight is 458 g/mol. The van der Waals surface area contributed by atoms with Crippen LogP contribution in [0.25, 0.3) is 0 Å². The van der Waals surface area contributed by atoms with Gasteiger partial charge in [-0.2, -0.15) is 0 Å². The minimum absolute atomic E-state index is 0.0565. The van der Waals surface area contributed by atoms with E-state index in [1.807, 2.05) is 0 Å². The van der Waals surface area contributed by atoms with Gasteiger partial charge in [0.1, 0.15) is 0 Å². The second kappa shape index (κ2) is 11.7. The SMILES string of the molecule is CCOC(=O)C(CCc1ccc([N+](=O)[O-])cc1)(CCc1ccc([N+](=O)[O-])cc1)C(=O)OCC. The molecule has 0 amide bonds. The Hall–Kier alpha value is -3.82. The zero-order valence-corrected chi connectivity index (χ0v) is 18.5. The Morgan fingerprint density at radius 3 is 1.33 bits per heavy atom. The molecule has 0 aliphatic heterocycles. The number of aryl methyl sites for hydroxylation is 2. The third-order valence-electron chi connectivity index (χ3n) is 5.31. The van der Waals surface area contributed by atoms with E-state index < -0.39 is 27.2 Å². The van der Waals surface area contributed by atoms with E-state index >= 15 is 0 Å². The number of ether oxygens (including phenoxy) is 2. The molecule has 10 nitrogen and oxygen atoms in total. The quantitative estimate of drug-likeness (QED) is 0.200. The molecule has 10 heteroatoms. The van der Waals surface area contributed by atoms with E-state index in [1.165, 1.54) is 24.3 Å². The highest BCUT2D eigenvalue weighted by molar-refractivity contribution is 6.00. The Kier molecular flexibility index (Phi) is 9.02. The van der Waals surface area contributed by atoms with Crippen LogP contribution in [0, 0.1) is 25.6 Å². The second-order valence-corrected chi connectivity index (χ2v) is 7.37. The molecule has 0 N–H and O–H groups in total. The van der Waals surface area contributed by atoms with Crippen LogP contribution in [0.3, 0.4) is 0 Å². The molecule has 0 fully saturated rings. The molecule has 0 unspecified atom stereocenters. The summed E-state index contributed by atoms with van der Waals surface area (Å²) in [6.07, 6.45) is 0.733. The second-order valence-electron chi connectivity index (χ2n) is 7.37. The molecule has 0 saturated heterocycles. The van der Waals surface area contributed by atoms with Crippen molar-refractivity contribution in [3.63, 3.8) is 0 Å². The van der Waals surface area contributed by atoms with Crippen molar-refractivity contribution in [3.05, 3.63) is 79.9 Å². The third-order valence-corrected chi connectivity index (χ3v) is 5.31. The first kappa shape index (κ1) is 25.4. The molecule has 2 aromatic rings. The van der Waals surface area contributed by atoms with E-state index in [0.717, 1.165) is 0 Å². The maximum atomic E-state index is 13.0. The molecule has 0 saturated carbocycles. The molecule has 0 heterocycles. The van der Waals surface area contributed by atoms with Crippen molar-refractivity contribution >= 4 is 23.3 Å². The average Bonchev–Trinajstić information content (AvgIpc) is 2.80. The van der Waals surface area contributed by atoms with Gasteiger partial charge in [-0.15, -0.1) is 0 Å². The lowest BCUT2D eigenvalue weighted by molar-refractivity contribution is -0.385. The van der Waals surface area contributed by atoms with Crippen LogP contribution >= 0.6 is 0 Å². The smallest absolute Gasteiger partial charge is 0.323 e. The number of carbonyl (C=O) groups excluding carboxylic acids is 2. The van der Waals surface area contributed by atoms with E-state index in [1.54, 1.807) is 38.1 Å². The lowest BCUT2D eigenvalue weighted by Gasteiger charge is -2.29. The van der Waals surface area contributed by atoms with E-state index in [-0.39, 0.29) is 50.3 Å². The van der Waals surface area contributed by atoms with Gasteiger partial charge in [0.15, 0.2) is 5.41 Å². The Bertz CT molecular complexity index is 905. The molecule has 0 radical (unpaired) electrons. The van der Waals surface area contributed by atoms with Gasteiger partial charge in [-0.1, -0.05) is 24.3 Å². The number of nitro benzene ring substituents is 2. The molecule has 2 aromatic carbocycles. The van der Waals surface area contributed by atoms with E-state index in [4.69, 9.17) is 9.47 Å². The predicted octanol–water partition coefficient (Wildman–Crippen LogP) is 4.18. The van der Waals surface area contributed by atoms with Crippen LogP contribution < -0.4 is 0 Å². The van der Waals surface area contributed by atoms with E-state index in [9.17, 15) is 29.8 Å². The van der Waals surface area contributed by atoms with Crippen LogP contribution in [0.1, 0.15) is 37.8 Å². The van der Waals surface area contributed by atoms with Crippen molar-refractivity contribution in [2.45, 2.75) is 39.5 Å². The Balaban J connectivity index is 2.30. The number of hydrogen-bond acceptors (Lipinski definition) is 8. The number of nitrogens with zero attached hydrogens (tertiary/aromatic N) is 2. The molecule has 0 aromatic heterocycles. The van der Waals surface area contributed by atoms with Gasteiger partial charge in [0, 0.05) is 24.3 Å². The van der Waals surface area contributed by atoms with Crippen LogP contribution in [0.4, 0.5) is 11.4 Å². The van der Waals surface area contributed by atoms with Crippen LogP contribution in [0.5, 0.6) is 0 Å². The van der Waals surface area contributed by atoms with Gasteiger partial charge in [-0.05, 0) is 50.7 Å². The fraction of sp³-hybridized carbons (Fsp3) is 0.391. The zero-order valence-electron chi connectivity index (χ0n) is 18.5. The normalized spacial score (nSPS) is 11.0. The summed E-state index contributed by atoms with van der Waals surface area (Å²) >= 11 is 0. The topological polar surface area (TPSA) is 139 Å². The van der Waals surface area contributed by atoms with Gasteiger partial charge >= 0.3 is 11.9 Å². The number of esters is 2. The van der Waals surface area contributed by atoms with Crippen molar-refractivity contribution in [3.8, 4) is 0 Å². The van der Waals surface area contributed by atoms with Gasteiger partial charge in [0.2, 0.25) is 0 Å². The van der Waals surface area contributed by atoms with Gasteiger partial charge in [0.05, 0.1) is 23.1 Å². The van der Waals surface area contributed by atoms with Crippen molar-refractivity contribution < 1.29 is 28.9 Å². The summed E-state index contributed by atoms with van der Waals surface area (Å²) in [6.45, 7) is 3.44. The van der Waals surface area contributed by atoms with Gasteiger partial charge in [-0.3, -0.25) is 29.8 Å². The highest BCUT2D eigenvalue weighted by Gasteiger charge is 2.48. The maximum Gasteiger partial charge on any atom is 0.323 e. The molecule has 0 spiro atoms. The predicted molar refractivity (Wildman–Crippen MR) is 119 cm³/mol. The summed E-state index contributed by atoms with van der Waals surface area (Å²) in [4.78, 5) is 46.8. The summed E-state index contributed by atoms with van der Waals surface area (Å²) in [5, 5.41) is 21.8. The Labute approximate surface area is 190 Å². The monoisotopic (exact) mass is 458 g/mol. The molecular formula is C23H26N2O8. The van der Waals surface area contributed by atoms with Crippen molar-refractivity contribution in [1.29, 1.82) is 0 Å². The largest absolute Gasteiger partial charge is 0.465 e. The first-order valence-electron chi connectivity index (χ1n) is 10.5. The number of hydrogen-bond donors (Lipinski definition) is 0. The number of carbonyl (C=O) groups is 2. The number of rotatable bonds is 12. The molecule has 0 bridgehead atoms. The molecule has 0 aliphatic carbocycles. The maximum absolute atomic E-state index is 13.0. The summed E-state index contributed by atoms with van der Waals surface area (Å²) in [6, 6.07) is 11.8. The Morgan fingerprint density at radius 1 is 0.727 bits per heavy atom. The first-order chi connectivity index (χ1) is 15.7. The van der Waals surface area contributed by atoms with Crippen molar-refractivity contribution in [2.24, 2.45) is 5.41 Å². The standard InChI is InChI=1S/C23H26N2O8/c1-3-32-21(26)23(22(27)33-4-2,15-13-17-5-9-19(10-6-17)24(28)29)16-14-18-7-11-20(12-8-18)25(30)31/h5-12H,3-4,13-16H2,1-2H3. The lowest BCUT2D eigenvalue weighted by atomic mass is 9.77. The molecule has 0 aliphatic rings. The summed E-state index contributed by atoms with van der Waals surface area (Å²) in [7, 11) is 0. The minimum Gasteiger partial charge on any atom is -0.465 e. The highest BCUT2D eigenvalue weighted by Crippen LogP contribution is 2.34. The molecule has 33 heavy (non-hydrogen) atoms. The van der Waals surface area contributed by atoms with Crippen molar-refractivity contribution in [1.82, 2.24) is 0 Å².